The highest BCUT2D eigenvalue weighted by Gasteiger charge is 2.25. The predicted octanol–water partition coefficient (Wildman–Crippen LogP) is 1.86. The summed E-state index contributed by atoms with van der Waals surface area (Å²) in [6.07, 6.45) is 0.959. The maximum absolute atomic E-state index is 11.2. The molecule has 0 saturated carbocycles. The maximum atomic E-state index is 11.2. The van der Waals surface area contributed by atoms with Crippen molar-refractivity contribution in [1.29, 1.82) is 0 Å². The number of aliphatic hydroxyl groups is 2. The summed E-state index contributed by atoms with van der Waals surface area (Å²) in [5.41, 5.74) is 1.17. The quantitative estimate of drug-likeness (QED) is 0.649. The fourth-order valence-electron chi connectivity index (χ4n) is 2.57. The molecule has 2 rings (SSSR count). The number of piperidine rings is 1. The zero-order valence-corrected chi connectivity index (χ0v) is 11.5. The van der Waals surface area contributed by atoms with Gasteiger partial charge in [0.1, 0.15) is 5.69 Å². The van der Waals surface area contributed by atoms with Crippen LogP contribution in [-0.2, 0) is 0 Å². The molecule has 1 aromatic rings. The van der Waals surface area contributed by atoms with Crippen molar-refractivity contribution in [2.45, 2.75) is 25.9 Å². The lowest BCUT2D eigenvalue weighted by Gasteiger charge is -2.32. The van der Waals surface area contributed by atoms with Crippen LogP contribution in [0.25, 0.3) is 0 Å². The third-order valence-electron chi connectivity index (χ3n) is 3.89. The first-order valence-electron chi connectivity index (χ1n) is 6.85. The normalized spacial score (nSPS) is 18.1. The van der Waals surface area contributed by atoms with E-state index in [2.05, 4.69) is 0 Å². The Labute approximate surface area is 117 Å². The van der Waals surface area contributed by atoms with Gasteiger partial charge in [-0.3, -0.25) is 10.1 Å². The average molecular weight is 280 g/mol. The molecule has 1 aliphatic rings. The number of benzene rings is 1. The van der Waals surface area contributed by atoms with E-state index in [0.717, 1.165) is 12.8 Å². The van der Waals surface area contributed by atoms with E-state index in [1.54, 1.807) is 19.1 Å². The summed E-state index contributed by atoms with van der Waals surface area (Å²) in [6, 6.07) is 4.88. The van der Waals surface area contributed by atoms with E-state index in [1.807, 2.05) is 4.90 Å². The van der Waals surface area contributed by atoms with Gasteiger partial charge in [0.05, 0.1) is 11.0 Å². The largest absolute Gasteiger partial charge is 0.396 e. The van der Waals surface area contributed by atoms with Gasteiger partial charge in [0.25, 0.3) is 5.69 Å². The molecule has 6 heteroatoms. The van der Waals surface area contributed by atoms with E-state index < -0.39 is 11.0 Å². The van der Waals surface area contributed by atoms with Crippen LogP contribution in [0.15, 0.2) is 18.2 Å². The van der Waals surface area contributed by atoms with E-state index in [0.29, 0.717) is 30.3 Å². The van der Waals surface area contributed by atoms with Crippen LogP contribution < -0.4 is 4.90 Å². The van der Waals surface area contributed by atoms with Gasteiger partial charge in [0, 0.05) is 25.8 Å². The second-order valence-corrected chi connectivity index (χ2v) is 5.29. The highest BCUT2D eigenvalue weighted by atomic mass is 16.6. The van der Waals surface area contributed by atoms with Gasteiger partial charge >= 0.3 is 0 Å². The molecule has 0 spiro atoms. The summed E-state index contributed by atoms with van der Waals surface area (Å²) in [5, 5.41) is 29.9. The standard InChI is InChI=1S/C14H20N2O4/c1-10(18)12-2-3-13(14(8-12)16(19)20)15-6-4-11(9-17)5-7-15/h2-3,8,10-11,17-18H,4-7,9H2,1H3/t10-/m0/s1. The molecule has 1 heterocycles. The van der Waals surface area contributed by atoms with E-state index in [-0.39, 0.29) is 12.3 Å². The van der Waals surface area contributed by atoms with Gasteiger partial charge < -0.3 is 15.1 Å². The molecule has 1 fully saturated rings. The van der Waals surface area contributed by atoms with Gasteiger partial charge in [-0.25, -0.2) is 0 Å². The molecule has 2 N–H and O–H groups in total. The van der Waals surface area contributed by atoms with Gasteiger partial charge in [-0.1, -0.05) is 6.07 Å². The number of nitro groups is 1. The SMILES string of the molecule is C[C@H](O)c1ccc(N2CCC(CO)CC2)c([N+](=O)[O-])c1. The third kappa shape index (κ3) is 3.08. The number of aliphatic hydroxyl groups excluding tert-OH is 2. The lowest BCUT2D eigenvalue weighted by atomic mass is 9.97. The van der Waals surface area contributed by atoms with Gasteiger partial charge in [-0.15, -0.1) is 0 Å². The number of nitro benzene ring substituents is 1. The van der Waals surface area contributed by atoms with E-state index in [4.69, 9.17) is 5.11 Å². The van der Waals surface area contributed by atoms with Crippen molar-refractivity contribution in [3.8, 4) is 0 Å². The zero-order valence-electron chi connectivity index (χ0n) is 11.5. The minimum absolute atomic E-state index is 0.0332. The predicted molar refractivity (Wildman–Crippen MR) is 75.8 cm³/mol. The van der Waals surface area contributed by atoms with Crippen molar-refractivity contribution in [1.82, 2.24) is 0 Å². The molecule has 0 amide bonds. The molecule has 1 aromatic carbocycles. The second-order valence-electron chi connectivity index (χ2n) is 5.29. The summed E-state index contributed by atoms with van der Waals surface area (Å²) < 4.78 is 0. The minimum Gasteiger partial charge on any atom is -0.396 e. The van der Waals surface area contributed by atoms with Crippen molar-refractivity contribution >= 4 is 11.4 Å². The Morgan fingerprint density at radius 1 is 1.45 bits per heavy atom. The molecule has 0 aromatic heterocycles. The van der Waals surface area contributed by atoms with Crippen molar-refractivity contribution < 1.29 is 15.1 Å². The monoisotopic (exact) mass is 280 g/mol. The molecule has 0 aliphatic carbocycles. The van der Waals surface area contributed by atoms with E-state index >= 15 is 0 Å². The lowest BCUT2D eigenvalue weighted by molar-refractivity contribution is -0.384. The first kappa shape index (κ1) is 14.7. The van der Waals surface area contributed by atoms with Crippen LogP contribution >= 0.6 is 0 Å². The number of rotatable bonds is 4. The third-order valence-corrected chi connectivity index (χ3v) is 3.89. The molecular weight excluding hydrogens is 260 g/mol. The smallest absolute Gasteiger partial charge is 0.292 e. The first-order valence-corrected chi connectivity index (χ1v) is 6.85. The number of anilines is 1. The van der Waals surface area contributed by atoms with Crippen molar-refractivity contribution in [3.63, 3.8) is 0 Å². The van der Waals surface area contributed by atoms with Crippen LogP contribution in [0.3, 0.4) is 0 Å². The second kappa shape index (κ2) is 6.19. The number of hydrogen-bond acceptors (Lipinski definition) is 5. The van der Waals surface area contributed by atoms with Crippen molar-refractivity contribution in [2.24, 2.45) is 5.92 Å². The minimum atomic E-state index is -0.720. The van der Waals surface area contributed by atoms with Gasteiger partial charge in [-0.2, -0.15) is 0 Å². The van der Waals surface area contributed by atoms with Crippen molar-refractivity contribution in [3.05, 3.63) is 33.9 Å². The Morgan fingerprint density at radius 2 is 2.10 bits per heavy atom. The molecule has 20 heavy (non-hydrogen) atoms. The molecule has 6 nitrogen and oxygen atoms in total. The van der Waals surface area contributed by atoms with Gasteiger partial charge in [-0.05, 0) is 37.3 Å². The van der Waals surface area contributed by atoms with Crippen LogP contribution in [0.2, 0.25) is 0 Å². The Bertz CT molecular complexity index is 482. The summed E-state index contributed by atoms with van der Waals surface area (Å²) in [4.78, 5) is 12.8. The Kier molecular flexibility index (Phi) is 4.57. The van der Waals surface area contributed by atoms with Gasteiger partial charge in [0.15, 0.2) is 0 Å². The molecule has 0 bridgehead atoms. The summed E-state index contributed by atoms with van der Waals surface area (Å²) >= 11 is 0. The number of hydrogen-bond donors (Lipinski definition) is 2. The van der Waals surface area contributed by atoms with Crippen LogP contribution in [0, 0.1) is 16.0 Å². The van der Waals surface area contributed by atoms with Crippen LogP contribution in [0.1, 0.15) is 31.4 Å². The Balaban J connectivity index is 2.25. The number of nitrogens with zero attached hydrogens (tertiary/aromatic N) is 2. The van der Waals surface area contributed by atoms with Crippen LogP contribution in [0.4, 0.5) is 11.4 Å². The Morgan fingerprint density at radius 3 is 2.60 bits per heavy atom. The molecule has 0 radical (unpaired) electrons. The highest BCUT2D eigenvalue weighted by Crippen LogP contribution is 2.33. The molecule has 110 valence electrons. The summed E-state index contributed by atoms with van der Waals surface area (Å²) in [6.45, 7) is 3.18. The first-order chi connectivity index (χ1) is 9.52. The maximum Gasteiger partial charge on any atom is 0.292 e. The topological polar surface area (TPSA) is 86.8 Å². The Hall–Kier alpha value is -1.66. The molecular formula is C14H20N2O4. The fraction of sp³-hybridized carbons (Fsp3) is 0.571. The van der Waals surface area contributed by atoms with Gasteiger partial charge in [0.2, 0.25) is 0 Å². The molecule has 1 atom stereocenters. The molecule has 0 unspecified atom stereocenters. The molecule has 1 aliphatic heterocycles. The van der Waals surface area contributed by atoms with E-state index in [9.17, 15) is 15.2 Å². The molecule has 1 saturated heterocycles. The van der Waals surface area contributed by atoms with Crippen LogP contribution in [-0.4, -0.2) is 34.8 Å². The van der Waals surface area contributed by atoms with E-state index in [1.165, 1.54) is 6.07 Å². The summed E-state index contributed by atoms with van der Waals surface area (Å²) in [5.74, 6) is 0.294. The highest BCUT2D eigenvalue weighted by molar-refractivity contribution is 5.64. The summed E-state index contributed by atoms with van der Waals surface area (Å²) in [7, 11) is 0. The van der Waals surface area contributed by atoms with Crippen LogP contribution in [0.5, 0.6) is 0 Å². The van der Waals surface area contributed by atoms with Crippen molar-refractivity contribution in [2.75, 3.05) is 24.6 Å². The zero-order chi connectivity index (χ0) is 14.7. The lowest BCUT2D eigenvalue weighted by Crippen LogP contribution is -2.35. The fourth-order valence-corrected chi connectivity index (χ4v) is 2.57. The average Bonchev–Trinajstić information content (AvgIpc) is 2.46.